The van der Waals surface area contributed by atoms with Crippen molar-refractivity contribution in [3.05, 3.63) is 0 Å². The van der Waals surface area contributed by atoms with Gasteiger partial charge in [-0.1, -0.05) is 71.1 Å². The van der Waals surface area contributed by atoms with Crippen molar-refractivity contribution in [2.24, 2.45) is 5.41 Å². The molecule has 0 saturated carbocycles. The highest BCUT2D eigenvalue weighted by molar-refractivity contribution is 5.66. The first-order valence-corrected chi connectivity index (χ1v) is 10.4. The molecule has 0 rings (SSSR count). The predicted molar refractivity (Wildman–Crippen MR) is 104 cm³/mol. The Balaban J connectivity index is 3.57. The van der Waals surface area contributed by atoms with Crippen LogP contribution < -0.4 is 0 Å². The van der Waals surface area contributed by atoms with Crippen molar-refractivity contribution in [1.29, 1.82) is 0 Å². The van der Waals surface area contributed by atoms with Gasteiger partial charge in [0.2, 0.25) is 0 Å². The van der Waals surface area contributed by atoms with Crippen molar-refractivity contribution in [1.82, 2.24) is 0 Å². The van der Waals surface area contributed by atoms with E-state index < -0.39 is 11.9 Å². The molecule has 0 saturated heterocycles. The number of aliphatic hydroxyl groups is 1. The van der Waals surface area contributed by atoms with Crippen molar-refractivity contribution >= 4 is 11.9 Å². The third-order valence-electron chi connectivity index (χ3n) is 5.22. The Hall–Kier alpha value is -1.10. The fourth-order valence-electron chi connectivity index (χ4n) is 3.35. The highest BCUT2D eigenvalue weighted by Gasteiger charge is 2.22. The highest BCUT2D eigenvalue weighted by Crippen LogP contribution is 2.30. The van der Waals surface area contributed by atoms with Gasteiger partial charge in [0.05, 0.1) is 0 Å². The SMILES string of the molecule is CC(CO)(CCCCCCCCC(=O)O)CCCCCCCCC(=O)O. The average molecular weight is 373 g/mol. The molecule has 5 nitrogen and oxygen atoms in total. The monoisotopic (exact) mass is 372 g/mol. The van der Waals surface area contributed by atoms with Gasteiger partial charge in [0.15, 0.2) is 0 Å². The largest absolute Gasteiger partial charge is 0.481 e. The standard InChI is InChI=1S/C21H40O5/c1-21(18-22,16-12-8-4-2-6-10-14-19(23)24)17-13-9-5-3-7-11-15-20(25)26/h22H,2-18H2,1H3,(H,23,24)(H,25,26). The van der Waals surface area contributed by atoms with Crippen molar-refractivity contribution < 1.29 is 24.9 Å². The molecule has 0 atom stereocenters. The summed E-state index contributed by atoms with van der Waals surface area (Å²) in [6.07, 6.45) is 15.3. The van der Waals surface area contributed by atoms with Crippen LogP contribution in [-0.2, 0) is 9.59 Å². The maximum Gasteiger partial charge on any atom is 0.303 e. The van der Waals surface area contributed by atoms with E-state index in [1.165, 1.54) is 0 Å². The average Bonchev–Trinajstić information content (AvgIpc) is 2.59. The maximum absolute atomic E-state index is 10.4. The summed E-state index contributed by atoms with van der Waals surface area (Å²) in [7, 11) is 0. The number of carboxylic acid groups (broad SMARTS) is 2. The minimum Gasteiger partial charge on any atom is -0.481 e. The summed E-state index contributed by atoms with van der Waals surface area (Å²) in [5, 5.41) is 26.9. The normalized spacial score (nSPS) is 11.6. The molecule has 154 valence electrons. The van der Waals surface area contributed by atoms with Crippen LogP contribution in [-0.4, -0.2) is 33.9 Å². The van der Waals surface area contributed by atoms with Gasteiger partial charge in [-0.3, -0.25) is 9.59 Å². The quantitative estimate of drug-likeness (QED) is 0.264. The van der Waals surface area contributed by atoms with Crippen LogP contribution in [0.2, 0.25) is 0 Å². The molecule has 0 aliphatic rings. The molecule has 0 fully saturated rings. The Morgan fingerprint density at radius 2 is 0.923 bits per heavy atom. The summed E-state index contributed by atoms with van der Waals surface area (Å²) in [6.45, 7) is 2.41. The molecule has 0 amide bonds. The van der Waals surface area contributed by atoms with Gasteiger partial charge in [0, 0.05) is 19.4 Å². The topological polar surface area (TPSA) is 94.8 Å². The molecule has 0 aliphatic heterocycles. The van der Waals surface area contributed by atoms with Crippen molar-refractivity contribution in [2.45, 2.75) is 110 Å². The lowest BCUT2D eigenvalue weighted by Crippen LogP contribution is -2.21. The third kappa shape index (κ3) is 16.4. The van der Waals surface area contributed by atoms with Gasteiger partial charge in [-0.2, -0.15) is 0 Å². The molecule has 0 bridgehead atoms. The van der Waals surface area contributed by atoms with E-state index in [1.54, 1.807) is 0 Å². The zero-order chi connectivity index (χ0) is 19.7. The summed E-state index contributed by atoms with van der Waals surface area (Å²) >= 11 is 0. The van der Waals surface area contributed by atoms with E-state index >= 15 is 0 Å². The van der Waals surface area contributed by atoms with E-state index in [0.29, 0.717) is 0 Å². The second kappa shape index (κ2) is 16.1. The third-order valence-corrected chi connectivity index (χ3v) is 5.22. The maximum atomic E-state index is 10.4. The van der Waals surface area contributed by atoms with E-state index in [0.717, 1.165) is 89.9 Å². The van der Waals surface area contributed by atoms with Crippen molar-refractivity contribution in [2.75, 3.05) is 6.61 Å². The predicted octanol–water partition coefficient (Wildman–Crippen LogP) is 5.40. The number of carboxylic acids is 2. The van der Waals surface area contributed by atoms with Gasteiger partial charge in [-0.05, 0) is 31.1 Å². The number of carbonyl (C=O) groups is 2. The first-order chi connectivity index (χ1) is 12.4. The molecule has 0 radical (unpaired) electrons. The van der Waals surface area contributed by atoms with E-state index in [9.17, 15) is 14.7 Å². The van der Waals surface area contributed by atoms with E-state index in [1.807, 2.05) is 0 Å². The first kappa shape index (κ1) is 24.9. The molecular formula is C21H40O5. The molecule has 0 aliphatic carbocycles. The molecule has 0 aromatic carbocycles. The van der Waals surface area contributed by atoms with Gasteiger partial charge >= 0.3 is 11.9 Å². The molecule has 26 heavy (non-hydrogen) atoms. The highest BCUT2D eigenvalue weighted by atomic mass is 16.4. The van der Waals surface area contributed by atoms with Crippen LogP contribution >= 0.6 is 0 Å². The number of hydrogen-bond donors (Lipinski definition) is 3. The molecule has 0 aromatic rings. The Bertz CT molecular complexity index is 337. The second-order valence-corrected chi connectivity index (χ2v) is 8.00. The summed E-state index contributed by atoms with van der Waals surface area (Å²) in [5.74, 6) is -1.41. The minimum absolute atomic E-state index is 0.0205. The Morgan fingerprint density at radius 1 is 0.615 bits per heavy atom. The number of aliphatic hydroxyl groups excluding tert-OH is 1. The lowest BCUT2D eigenvalue weighted by atomic mass is 9.80. The number of unbranched alkanes of at least 4 members (excludes halogenated alkanes) is 10. The lowest BCUT2D eigenvalue weighted by molar-refractivity contribution is -0.138. The summed E-state index contributed by atoms with van der Waals surface area (Å²) in [6, 6.07) is 0. The molecule has 3 N–H and O–H groups in total. The van der Waals surface area contributed by atoms with Crippen molar-refractivity contribution in [3.63, 3.8) is 0 Å². The summed E-state index contributed by atoms with van der Waals surface area (Å²) < 4.78 is 0. The van der Waals surface area contributed by atoms with Gasteiger partial charge in [0.25, 0.3) is 0 Å². The first-order valence-electron chi connectivity index (χ1n) is 10.4. The van der Waals surface area contributed by atoms with Crippen LogP contribution in [0.3, 0.4) is 0 Å². The second-order valence-electron chi connectivity index (χ2n) is 8.00. The number of aliphatic carboxylic acids is 2. The zero-order valence-corrected chi connectivity index (χ0v) is 16.7. The molecule has 5 heteroatoms. The summed E-state index contributed by atoms with van der Waals surface area (Å²) in [4.78, 5) is 20.9. The lowest BCUT2D eigenvalue weighted by Gasteiger charge is -2.27. The fourth-order valence-corrected chi connectivity index (χ4v) is 3.35. The minimum atomic E-state index is -0.705. The Labute approximate surface area is 159 Å². The zero-order valence-electron chi connectivity index (χ0n) is 16.7. The molecular weight excluding hydrogens is 332 g/mol. The van der Waals surface area contributed by atoms with Crippen molar-refractivity contribution in [3.8, 4) is 0 Å². The number of rotatable bonds is 19. The van der Waals surface area contributed by atoms with E-state index in [-0.39, 0.29) is 24.9 Å². The Kier molecular flexibility index (Phi) is 15.4. The van der Waals surface area contributed by atoms with Crippen LogP contribution in [0.4, 0.5) is 0 Å². The van der Waals surface area contributed by atoms with Crippen LogP contribution in [0.5, 0.6) is 0 Å². The van der Waals surface area contributed by atoms with Crippen LogP contribution in [0.25, 0.3) is 0 Å². The van der Waals surface area contributed by atoms with Crippen LogP contribution in [0, 0.1) is 5.41 Å². The van der Waals surface area contributed by atoms with E-state index in [4.69, 9.17) is 10.2 Å². The van der Waals surface area contributed by atoms with Crippen LogP contribution in [0.15, 0.2) is 0 Å². The number of hydrogen-bond acceptors (Lipinski definition) is 3. The molecule has 0 unspecified atom stereocenters. The molecule has 0 spiro atoms. The Morgan fingerprint density at radius 3 is 1.23 bits per heavy atom. The fraction of sp³-hybridized carbons (Fsp3) is 0.905. The van der Waals surface area contributed by atoms with Gasteiger partial charge in [0.1, 0.15) is 0 Å². The van der Waals surface area contributed by atoms with E-state index in [2.05, 4.69) is 6.92 Å². The van der Waals surface area contributed by atoms with Gasteiger partial charge in [-0.15, -0.1) is 0 Å². The summed E-state index contributed by atoms with van der Waals surface area (Å²) in [5.41, 5.74) is 0.0205. The van der Waals surface area contributed by atoms with Gasteiger partial charge < -0.3 is 15.3 Å². The molecule has 0 heterocycles. The van der Waals surface area contributed by atoms with Crippen LogP contribution in [0.1, 0.15) is 110 Å². The smallest absolute Gasteiger partial charge is 0.303 e. The molecule has 0 aromatic heterocycles. The van der Waals surface area contributed by atoms with Gasteiger partial charge in [-0.25, -0.2) is 0 Å².